The fourth-order valence-corrected chi connectivity index (χ4v) is 5.23. The molecule has 5 rings (SSSR count). The number of rotatable bonds is 1. The summed E-state index contributed by atoms with van der Waals surface area (Å²) in [6, 6.07) is 3.58. The van der Waals surface area contributed by atoms with Crippen LogP contribution in [0.3, 0.4) is 0 Å². The van der Waals surface area contributed by atoms with Crippen LogP contribution >= 0.6 is 0 Å². The van der Waals surface area contributed by atoms with E-state index in [9.17, 15) is 19.1 Å². The van der Waals surface area contributed by atoms with Crippen LogP contribution < -0.4 is 9.80 Å². The first-order valence-corrected chi connectivity index (χ1v) is 12.2. The lowest BCUT2D eigenvalue weighted by Gasteiger charge is -2.47. The van der Waals surface area contributed by atoms with Crippen LogP contribution in [0.15, 0.2) is 24.4 Å². The number of amides is 2. The van der Waals surface area contributed by atoms with Crippen LogP contribution in [0.4, 0.5) is 20.6 Å². The number of hydrogen-bond acceptors (Lipinski definition) is 7. The highest BCUT2D eigenvalue weighted by Gasteiger charge is 2.43. The van der Waals surface area contributed by atoms with E-state index in [1.807, 2.05) is 32.6 Å². The number of halogens is 1. The number of phenolic OH excluding ortho intramolecular Hbond substituents is 1. The molecule has 2 aliphatic heterocycles. The zero-order chi connectivity index (χ0) is 26.8. The molecule has 1 fully saturated rings. The standard InChI is InChI=1S/C27H30FN5O4/c1-14-20(21-16(28)8-7-9-19(21)34)15(2)30-23-22(14)29-12-17-24(23)33-11-10-32(26(36)37-27(3,4)5)13-18(33)25(35)31(17)6/h7-9,12,18,34H,10-11,13H2,1-6H3/t18-/m1/s1. The molecule has 0 saturated carbocycles. The summed E-state index contributed by atoms with van der Waals surface area (Å²) in [4.78, 5) is 40.6. The molecule has 1 saturated heterocycles. The van der Waals surface area contributed by atoms with Crippen molar-refractivity contribution in [2.75, 3.05) is 36.5 Å². The van der Waals surface area contributed by atoms with Crippen LogP contribution in [-0.2, 0) is 9.53 Å². The average molecular weight is 508 g/mol. The van der Waals surface area contributed by atoms with Crippen LogP contribution in [0.25, 0.3) is 22.2 Å². The van der Waals surface area contributed by atoms with Gasteiger partial charge in [0.1, 0.15) is 28.7 Å². The van der Waals surface area contributed by atoms with Gasteiger partial charge in [0.05, 0.1) is 35.2 Å². The third kappa shape index (κ3) is 4.00. The van der Waals surface area contributed by atoms with Crippen molar-refractivity contribution in [3.63, 3.8) is 0 Å². The van der Waals surface area contributed by atoms with Crippen LogP contribution in [0.1, 0.15) is 32.0 Å². The summed E-state index contributed by atoms with van der Waals surface area (Å²) in [5.41, 5.74) is 3.64. The largest absolute Gasteiger partial charge is 0.507 e. The van der Waals surface area contributed by atoms with E-state index >= 15 is 0 Å². The van der Waals surface area contributed by atoms with E-state index in [0.29, 0.717) is 46.6 Å². The second-order valence-corrected chi connectivity index (χ2v) is 10.6. The van der Waals surface area contributed by atoms with E-state index in [1.54, 1.807) is 30.0 Å². The van der Waals surface area contributed by atoms with E-state index in [4.69, 9.17) is 9.72 Å². The molecule has 2 aromatic heterocycles. The van der Waals surface area contributed by atoms with Crippen molar-refractivity contribution >= 4 is 34.4 Å². The third-order valence-electron chi connectivity index (χ3n) is 6.92. The van der Waals surface area contributed by atoms with Crippen molar-refractivity contribution < 1.29 is 23.8 Å². The number of hydrogen-bond donors (Lipinski definition) is 1. The summed E-state index contributed by atoms with van der Waals surface area (Å²) in [7, 11) is 1.68. The van der Waals surface area contributed by atoms with E-state index < -0.39 is 23.6 Å². The lowest BCUT2D eigenvalue weighted by Crippen LogP contribution is -2.63. The molecule has 0 bridgehead atoms. The summed E-state index contributed by atoms with van der Waals surface area (Å²) < 4.78 is 20.3. The monoisotopic (exact) mass is 507 g/mol. The summed E-state index contributed by atoms with van der Waals surface area (Å²) in [6.45, 7) is 9.98. The van der Waals surface area contributed by atoms with Crippen LogP contribution in [-0.4, -0.2) is 70.3 Å². The number of nitrogens with zero attached hydrogens (tertiary/aromatic N) is 5. The van der Waals surface area contributed by atoms with Crippen LogP contribution in [0, 0.1) is 19.7 Å². The van der Waals surface area contributed by atoms with Gasteiger partial charge in [0.15, 0.2) is 0 Å². The van der Waals surface area contributed by atoms with Gasteiger partial charge in [-0.05, 0) is 52.3 Å². The Morgan fingerprint density at radius 1 is 1.16 bits per heavy atom. The highest BCUT2D eigenvalue weighted by molar-refractivity contribution is 6.11. The molecule has 10 heteroatoms. The molecule has 0 aliphatic carbocycles. The van der Waals surface area contributed by atoms with Gasteiger partial charge in [-0.1, -0.05) is 6.07 Å². The number of aromatic hydroxyl groups is 1. The van der Waals surface area contributed by atoms with Gasteiger partial charge in [0, 0.05) is 31.4 Å². The molecule has 2 aliphatic rings. The first kappa shape index (κ1) is 24.7. The number of carbonyl (C=O) groups is 2. The Kier molecular flexibility index (Phi) is 5.73. The van der Waals surface area contributed by atoms with Gasteiger partial charge < -0.3 is 24.5 Å². The number of phenols is 1. The first-order valence-electron chi connectivity index (χ1n) is 12.2. The Morgan fingerprint density at radius 2 is 1.89 bits per heavy atom. The maximum absolute atomic E-state index is 14.8. The topological polar surface area (TPSA) is 99.1 Å². The zero-order valence-corrected chi connectivity index (χ0v) is 21.8. The Bertz CT molecular complexity index is 1430. The highest BCUT2D eigenvalue weighted by atomic mass is 19.1. The molecule has 0 spiro atoms. The summed E-state index contributed by atoms with van der Waals surface area (Å²) in [5, 5.41) is 10.4. The molecular formula is C27H30FN5O4. The SMILES string of the molecule is Cc1nc2c3c(cnc2c(C)c1-c1c(O)cccc1F)N(C)C(=O)[C@H]1CN(C(=O)OC(C)(C)C)CCN31. The second kappa shape index (κ2) is 8.57. The fourth-order valence-electron chi connectivity index (χ4n) is 5.23. The highest BCUT2D eigenvalue weighted by Crippen LogP contribution is 2.44. The Balaban J connectivity index is 1.63. The predicted octanol–water partition coefficient (Wildman–Crippen LogP) is 4.16. The molecule has 9 nitrogen and oxygen atoms in total. The average Bonchev–Trinajstić information content (AvgIpc) is 2.82. The molecule has 2 amide bonds. The van der Waals surface area contributed by atoms with Gasteiger partial charge in [0.2, 0.25) is 0 Å². The van der Waals surface area contributed by atoms with Gasteiger partial charge in [-0.3, -0.25) is 9.78 Å². The zero-order valence-electron chi connectivity index (χ0n) is 21.8. The number of aryl methyl sites for hydroxylation is 2. The minimum absolute atomic E-state index is 0.0857. The number of fused-ring (bicyclic) bond motifs is 5. The molecule has 194 valence electrons. The Labute approximate surface area is 214 Å². The van der Waals surface area contributed by atoms with Crippen molar-refractivity contribution in [2.24, 2.45) is 0 Å². The van der Waals surface area contributed by atoms with Crippen molar-refractivity contribution in [1.29, 1.82) is 0 Å². The van der Waals surface area contributed by atoms with Gasteiger partial charge in [-0.15, -0.1) is 0 Å². The second-order valence-electron chi connectivity index (χ2n) is 10.6. The molecule has 37 heavy (non-hydrogen) atoms. The maximum Gasteiger partial charge on any atom is 0.410 e. The molecule has 1 N–H and O–H groups in total. The van der Waals surface area contributed by atoms with Gasteiger partial charge in [-0.25, -0.2) is 14.2 Å². The molecule has 1 aromatic carbocycles. The number of ether oxygens (including phenoxy) is 1. The Hall–Kier alpha value is -3.95. The smallest absolute Gasteiger partial charge is 0.410 e. The lowest BCUT2D eigenvalue weighted by molar-refractivity contribution is -0.120. The molecule has 1 atom stereocenters. The van der Waals surface area contributed by atoms with E-state index in [1.165, 1.54) is 18.2 Å². The summed E-state index contributed by atoms with van der Waals surface area (Å²) in [6.07, 6.45) is 1.17. The number of piperazine rings is 1. The molecular weight excluding hydrogens is 477 g/mol. The Morgan fingerprint density at radius 3 is 2.57 bits per heavy atom. The molecule has 0 radical (unpaired) electrons. The van der Waals surface area contributed by atoms with E-state index in [0.717, 1.165) is 5.69 Å². The van der Waals surface area contributed by atoms with Crippen molar-refractivity contribution in [3.05, 3.63) is 41.5 Å². The minimum atomic E-state index is -0.639. The van der Waals surface area contributed by atoms with E-state index in [2.05, 4.69) is 4.98 Å². The van der Waals surface area contributed by atoms with Crippen molar-refractivity contribution in [3.8, 4) is 16.9 Å². The molecule has 4 heterocycles. The predicted molar refractivity (Wildman–Crippen MR) is 138 cm³/mol. The molecule has 0 unspecified atom stereocenters. The summed E-state index contributed by atoms with van der Waals surface area (Å²) >= 11 is 0. The van der Waals surface area contributed by atoms with Crippen LogP contribution in [0.5, 0.6) is 5.75 Å². The number of likely N-dealkylation sites (N-methyl/N-ethyl adjacent to an activating group) is 1. The number of anilines is 2. The van der Waals surface area contributed by atoms with Crippen LogP contribution in [0.2, 0.25) is 0 Å². The number of benzene rings is 1. The normalized spacial score (nSPS) is 17.6. The minimum Gasteiger partial charge on any atom is -0.507 e. The first-order chi connectivity index (χ1) is 17.4. The van der Waals surface area contributed by atoms with E-state index in [-0.39, 0.29) is 23.8 Å². The quantitative estimate of drug-likeness (QED) is 0.528. The molecule has 3 aromatic rings. The van der Waals surface area contributed by atoms with Gasteiger partial charge in [0.25, 0.3) is 5.91 Å². The van der Waals surface area contributed by atoms with Gasteiger partial charge >= 0.3 is 6.09 Å². The number of pyridine rings is 2. The maximum atomic E-state index is 14.8. The van der Waals surface area contributed by atoms with Crippen molar-refractivity contribution in [2.45, 2.75) is 46.3 Å². The van der Waals surface area contributed by atoms with Gasteiger partial charge in [-0.2, -0.15) is 0 Å². The third-order valence-corrected chi connectivity index (χ3v) is 6.92. The number of aromatic nitrogens is 2. The number of carbonyl (C=O) groups excluding carboxylic acids is 2. The van der Waals surface area contributed by atoms with Crippen molar-refractivity contribution in [1.82, 2.24) is 14.9 Å². The fraction of sp³-hybridized carbons (Fsp3) is 0.407. The lowest BCUT2D eigenvalue weighted by atomic mass is 9.95. The summed E-state index contributed by atoms with van der Waals surface area (Å²) in [5.74, 6) is -0.869.